The number of rotatable bonds is 2. The first-order valence-electron chi connectivity index (χ1n) is 16.4. The van der Waals surface area contributed by atoms with Gasteiger partial charge in [-0.2, -0.15) is 0 Å². The molecule has 0 N–H and O–H groups in total. The van der Waals surface area contributed by atoms with Crippen molar-refractivity contribution in [2.75, 3.05) is 0 Å². The van der Waals surface area contributed by atoms with Gasteiger partial charge in [0, 0.05) is 31.6 Å². The van der Waals surface area contributed by atoms with Crippen LogP contribution in [-0.4, -0.2) is 0 Å². The van der Waals surface area contributed by atoms with Crippen LogP contribution in [0.1, 0.15) is 0 Å². The maximum absolute atomic E-state index is 6.73. The molecule has 0 fully saturated rings. The maximum atomic E-state index is 6.73. The lowest BCUT2D eigenvalue weighted by atomic mass is 9.85. The van der Waals surface area contributed by atoms with E-state index < -0.39 is 0 Å². The molecule has 0 saturated carbocycles. The summed E-state index contributed by atoms with van der Waals surface area (Å²) in [4.78, 5) is 0. The third-order valence-corrected chi connectivity index (χ3v) is 11.4. The Bertz CT molecular complexity index is 3060. The molecular formula is C46H26OS. The first-order valence-corrected chi connectivity index (χ1v) is 17.2. The van der Waals surface area contributed by atoms with Crippen LogP contribution in [0.5, 0.6) is 0 Å². The minimum absolute atomic E-state index is 0.971. The zero-order valence-electron chi connectivity index (χ0n) is 25.8. The molecule has 2 heterocycles. The van der Waals surface area contributed by atoms with Gasteiger partial charge >= 0.3 is 0 Å². The fourth-order valence-electron chi connectivity index (χ4n) is 8.05. The van der Waals surface area contributed by atoms with Crippen LogP contribution in [0.3, 0.4) is 0 Å². The van der Waals surface area contributed by atoms with Crippen LogP contribution in [-0.2, 0) is 0 Å². The van der Waals surface area contributed by atoms with Gasteiger partial charge in [0.05, 0.1) is 4.70 Å². The smallest absolute Gasteiger partial charge is 0.153 e. The van der Waals surface area contributed by atoms with E-state index in [1.54, 1.807) is 0 Å². The van der Waals surface area contributed by atoms with Gasteiger partial charge < -0.3 is 4.42 Å². The average Bonchev–Trinajstić information content (AvgIpc) is 3.72. The largest absolute Gasteiger partial charge is 0.454 e. The second kappa shape index (κ2) is 9.78. The van der Waals surface area contributed by atoms with E-state index in [-0.39, 0.29) is 0 Å². The van der Waals surface area contributed by atoms with Crippen molar-refractivity contribution >= 4 is 96.5 Å². The Labute approximate surface area is 279 Å². The molecule has 0 aliphatic heterocycles. The fraction of sp³-hybridized carbons (Fsp3) is 0. The third-order valence-electron chi connectivity index (χ3n) is 10.2. The van der Waals surface area contributed by atoms with Crippen molar-refractivity contribution in [3.63, 3.8) is 0 Å². The highest BCUT2D eigenvalue weighted by molar-refractivity contribution is 7.26. The molecule has 0 atom stereocenters. The Kier molecular flexibility index (Phi) is 5.32. The Morgan fingerprint density at radius 2 is 0.833 bits per heavy atom. The zero-order chi connectivity index (χ0) is 31.3. The number of hydrogen-bond acceptors (Lipinski definition) is 2. The first kappa shape index (κ1) is 26.1. The van der Waals surface area contributed by atoms with E-state index in [1.807, 2.05) is 11.3 Å². The molecule has 0 radical (unpaired) electrons. The molecule has 0 spiro atoms. The zero-order valence-corrected chi connectivity index (χ0v) is 26.6. The van der Waals surface area contributed by atoms with Gasteiger partial charge in [-0.3, -0.25) is 0 Å². The molecule has 48 heavy (non-hydrogen) atoms. The van der Waals surface area contributed by atoms with Crippen LogP contribution >= 0.6 is 11.3 Å². The summed E-state index contributed by atoms with van der Waals surface area (Å²) in [5, 5.41) is 14.8. The molecule has 0 saturated heterocycles. The topological polar surface area (TPSA) is 13.1 Å². The second-order valence-corrected chi connectivity index (χ2v) is 13.9. The highest BCUT2D eigenvalue weighted by atomic mass is 32.1. The minimum atomic E-state index is 0.971. The Morgan fingerprint density at radius 3 is 1.56 bits per heavy atom. The van der Waals surface area contributed by atoms with E-state index in [9.17, 15) is 0 Å². The lowest BCUT2D eigenvalue weighted by molar-refractivity contribution is 0.677. The molecule has 0 aliphatic rings. The third kappa shape index (κ3) is 3.61. The van der Waals surface area contributed by atoms with E-state index in [4.69, 9.17) is 4.42 Å². The van der Waals surface area contributed by atoms with Crippen LogP contribution < -0.4 is 0 Å². The molecule has 0 bridgehead atoms. The van der Waals surface area contributed by atoms with Crippen LogP contribution in [0.25, 0.3) is 107 Å². The summed E-state index contributed by atoms with van der Waals surface area (Å²) in [7, 11) is 0. The van der Waals surface area contributed by atoms with E-state index in [2.05, 4.69) is 158 Å². The van der Waals surface area contributed by atoms with E-state index in [1.165, 1.54) is 90.9 Å². The second-order valence-electron chi connectivity index (χ2n) is 12.8. The van der Waals surface area contributed by atoms with Crippen molar-refractivity contribution in [3.05, 3.63) is 158 Å². The summed E-state index contributed by atoms with van der Waals surface area (Å²) in [5.41, 5.74) is 7.01. The Morgan fingerprint density at radius 1 is 0.333 bits per heavy atom. The number of benzene rings is 9. The average molecular weight is 627 g/mol. The highest BCUT2D eigenvalue weighted by Crippen LogP contribution is 2.47. The molecular weight excluding hydrogens is 601 g/mol. The highest BCUT2D eigenvalue weighted by Gasteiger charge is 2.19. The number of fused-ring (bicyclic) bond motifs is 12. The standard InChI is InChI=1S/C46H26OS/c1-2-11-29-25-30(18-17-27(29)9-1)42-34-13-5-7-15-36(34)43(37-16-8-6-14-35(37)42)31-20-21-33-40-24-23-39-38-22-19-28-10-3-4-12-32(28)44(38)47-45(39)46(40)48-41(33)26-31/h1-26H. The van der Waals surface area contributed by atoms with Crippen molar-refractivity contribution in [1.29, 1.82) is 0 Å². The predicted octanol–water partition coefficient (Wildman–Crippen LogP) is 13.9. The van der Waals surface area contributed by atoms with Crippen molar-refractivity contribution in [3.8, 4) is 22.3 Å². The van der Waals surface area contributed by atoms with Crippen molar-refractivity contribution in [2.45, 2.75) is 0 Å². The van der Waals surface area contributed by atoms with Crippen LogP contribution in [0.4, 0.5) is 0 Å². The summed E-state index contributed by atoms with van der Waals surface area (Å²) in [6, 6.07) is 57.8. The predicted molar refractivity (Wildman–Crippen MR) is 208 cm³/mol. The summed E-state index contributed by atoms with van der Waals surface area (Å²) in [5.74, 6) is 0. The molecule has 0 amide bonds. The quantitative estimate of drug-likeness (QED) is 0.174. The normalized spacial score (nSPS) is 12.2. The molecule has 9 aromatic carbocycles. The maximum Gasteiger partial charge on any atom is 0.153 e. The van der Waals surface area contributed by atoms with Gasteiger partial charge in [0.15, 0.2) is 5.58 Å². The van der Waals surface area contributed by atoms with Crippen molar-refractivity contribution in [2.24, 2.45) is 0 Å². The SMILES string of the molecule is c1ccc2cc(-c3c4ccccc4c(-c4ccc5c(c4)sc4c5ccc5c6ccc7ccccc7c6oc54)c4ccccc34)ccc2c1. The lowest BCUT2D eigenvalue weighted by Gasteiger charge is -2.18. The molecule has 11 rings (SSSR count). The monoisotopic (exact) mass is 626 g/mol. The first-order chi connectivity index (χ1) is 23.8. The van der Waals surface area contributed by atoms with Gasteiger partial charge in [0.2, 0.25) is 0 Å². The summed E-state index contributed by atoms with van der Waals surface area (Å²) in [6.07, 6.45) is 0. The van der Waals surface area contributed by atoms with Gasteiger partial charge in [-0.05, 0) is 84.2 Å². The van der Waals surface area contributed by atoms with Gasteiger partial charge in [-0.15, -0.1) is 11.3 Å². The van der Waals surface area contributed by atoms with Gasteiger partial charge in [0.25, 0.3) is 0 Å². The molecule has 222 valence electrons. The lowest BCUT2D eigenvalue weighted by Crippen LogP contribution is -1.90. The minimum Gasteiger partial charge on any atom is -0.454 e. The van der Waals surface area contributed by atoms with Gasteiger partial charge in [-0.25, -0.2) is 0 Å². The van der Waals surface area contributed by atoms with Crippen LogP contribution in [0.2, 0.25) is 0 Å². The van der Waals surface area contributed by atoms with Gasteiger partial charge in [0.1, 0.15) is 5.58 Å². The molecule has 1 nitrogen and oxygen atoms in total. The van der Waals surface area contributed by atoms with Gasteiger partial charge in [-0.1, -0.05) is 133 Å². The summed E-state index contributed by atoms with van der Waals surface area (Å²) < 4.78 is 9.21. The molecule has 2 aromatic heterocycles. The fourth-order valence-corrected chi connectivity index (χ4v) is 9.27. The van der Waals surface area contributed by atoms with Crippen LogP contribution in [0.15, 0.2) is 162 Å². The van der Waals surface area contributed by atoms with Crippen molar-refractivity contribution in [1.82, 2.24) is 0 Å². The summed E-state index contributed by atoms with van der Waals surface area (Å²) in [6.45, 7) is 0. The van der Waals surface area contributed by atoms with Crippen LogP contribution in [0, 0.1) is 0 Å². The number of thiophene rings is 1. The number of furan rings is 1. The van der Waals surface area contributed by atoms with E-state index in [0.717, 1.165) is 16.6 Å². The molecule has 2 heteroatoms. The number of hydrogen-bond donors (Lipinski definition) is 0. The summed E-state index contributed by atoms with van der Waals surface area (Å²) >= 11 is 1.84. The van der Waals surface area contributed by atoms with E-state index in [0.29, 0.717) is 0 Å². The molecule has 11 aromatic rings. The molecule has 0 unspecified atom stereocenters. The van der Waals surface area contributed by atoms with Crippen molar-refractivity contribution < 1.29 is 4.42 Å². The Hall–Kier alpha value is -5.96. The molecule has 0 aliphatic carbocycles. The van der Waals surface area contributed by atoms with E-state index >= 15 is 0 Å². The Balaban J connectivity index is 1.17.